The molecule has 0 spiro atoms. The van der Waals surface area contributed by atoms with E-state index >= 15 is 4.48 Å². The molecule has 2 N–H and O–H groups in total. The maximum atomic E-state index is 15.1. The summed E-state index contributed by atoms with van der Waals surface area (Å²) in [5, 5.41) is 0.726. The van der Waals surface area contributed by atoms with E-state index in [0.717, 1.165) is 29.5 Å². The lowest BCUT2D eigenvalue weighted by molar-refractivity contribution is 0.0699. The molecule has 0 atom stereocenters. The van der Waals surface area contributed by atoms with E-state index in [4.69, 9.17) is 5.73 Å². The highest BCUT2D eigenvalue weighted by Gasteiger charge is 2.28. The molecule has 4 rings (SSSR count). The Hall–Kier alpha value is -2.47. The Kier molecular flexibility index (Phi) is 4.59. The number of fused-ring (bicyclic) bond motifs is 1. The number of benzene rings is 2. The molecule has 0 saturated carbocycles. The Balaban J connectivity index is 1.84. The van der Waals surface area contributed by atoms with Crippen molar-refractivity contribution < 1.29 is 9.28 Å². The topological polar surface area (TPSA) is 51.3 Å². The molecule has 6 heteroatoms. The van der Waals surface area contributed by atoms with E-state index < -0.39 is 0 Å². The number of likely N-dealkylation sites (tertiary alicyclic amines) is 1. The minimum absolute atomic E-state index is 0.0985. The first-order valence-corrected chi connectivity index (χ1v) is 9.59. The molecule has 1 saturated heterocycles. The first-order chi connectivity index (χ1) is 12.7. The van der Waals surface area contributed by atoms with Gasteiger partial charge < -0.3 is 10.6 Å². The predicted octanol–water partition coefficient (Wildman–Crippen LogP) is 4.73. The van der Waals surface area contributed by atoms with Crippen LogP contribution in [0.15, 0.2) is 58.3 Å². The van der Waals surface area contributed by atoms with Gasteiger partial charge in [0.15, 0.2) is 5.69 Å². The Morgan fingerprint density at radius 2 is 1.69 bits per heavy atom. The number of para-hydroxylation sites is 2. The van der Waals surface area contributed by atoms with Gasteiger partial charge in [0, 0.05) is 29.1 Å². The van der Waals surface area contributed by atoms with Crippen LogP contribution in [0.5, 0.6) is 0 Å². The molecule has 4 nitrogen and oxygen atoms in total. The molecule has 26 heavy (non-hydrogen) atoms. The summed E-state index contributed by atoms with van der Waals surface area (Å²) in [7, 11) is 0. The maximum Gasteiger partial charge on any atom is 0.274 e. The second-order valence-electron chi connectivity index (χ2n) is 6.47. The number of nitrogens with two attached hydrogens (primary N) is 1. The summed E-state index contributed by atoms with van der Waals surface area (Å²) in [5.74, 6) is -0.250. The van der Waals surface area contributed by atoms with Crippen LogP contribution in [0.2, 0.25) is 0 Å². The van der Waals surface area contributed by atoms with Gasteiger partial charge in [-0.1, -0.05) is 46.6 Å². The molecule has 1 aliphatic rings. The van der Waals surface area contributed by atoms with E-state index in [2.05, 4.69) is 0 Å². The molecule has 1 aromatic heterocycles. The number of piperidine rings is 1. The van der Waals surface area contributed by atoms with Crippen molar-refractivity contribution in [1.82, 2.24) is 9.69 Å². The van der Waals surface area contributed by atoms with Crippen molar-refractivity contribution in [2.75, 3.05) is 18.8 Å². The standard InChI is InChI=1S/C20H20FN3OS/c21-24-16-10-4-2-8-14(16)19(26-17-11-5-3-9-15(17)22)18(24)20(25)23-12-6-1-7-13-23/h2-5,8-11H,1,6-7,12-13,22H2. The van der Waals surface area contributed by atoms with Crippen molar-refractivity contribution in [3.05, 3.63) is 54.2 Å². The summed E-state index contributed by atoms with van der Waals surface area (Å²) >= 11 is 1.35. The third-order valence-corrected chi connectivity index (χ3v) is 5.96. The highest BCUT2D eigenvalue weighted by atomic mass is 32.2. The van der Waals surface area contributed by atoms with Crippen LogP contribution in [-0.2, 0) is 0 Å². The van der Waals surface area contributed by atoms with E-state index in [-0.39, 0.29) is 11.6 Å². The average molecular weight is 369 g/mol. The van der Waals surface area contributed by atoms with Gasteiger partial charge in [-0.25, -0.2) is 0 Å². The lowest BCUT2D eigenvalue weighted by Gasteiger charge is -2.26. The van der Waals surface area contributed by atoms with Gasteiger partial charge >= 0.3 is 0 Å². The molecule has 1 fully saturated rings. The summed E-state index contributed by atoms with van der Waals surface area (Å²) in [6.45, 7) is 1.36. The molecule has 1 aliphatic heterocycles. The monoisotopic (exact) mass is 369 g/mol. The van der Waals surface area contributed by atoms with Crippen molar-refractivity contribution in [2.24, 2.45) is 0 Å². The Morgan fingerprint density at radius 1 is 1.00 bits per heavy atom. The summed E-state index contributed by atoms with van der Waals surface area (Å²) in [6.07, 6.45) is 3.04. The number of hydrogen-bond acceptors (Lipinski definition) is 3. The molecular weight excluding hydrogens is 349 g/mol. The van der Waals surface area contributed by atoms with E-state index in [1.54, 1.807) is 17.0 Å². The van der Waals surface area contributed by atoms with Gasteiger partial charge in [0.2, 0.25) is 0 Å². The third-order valence-electron chi connectivity index (χ3n) is 4.75. The van der Waals surface area contributed by atoms with E-state index in [1.165, 1.54) is 11.8 Å². The van der Waals surface area contributed by atoms with E-state index in [1.807, 2.05) is 36.4 Å². The van der Waals surface area contributed by atoms with Gasteiger partial charge in [-0.2, -0.15) is 4.79 Å². The highest BCUT2D eigenvalue weighted by molar-refractivity contribution is 7.99. The second-order valence-corrected chi connectivity index (χ2v) is 7.52. The zero-order chi connectivity index (χ0) is 18.1. The predicted molar refractivity (Wildman–Crippen MR) is 103 cm³/mol. The number of aromatic nitrogens is 1. The van der Waals surface area contributed by atoms with Crippen molar-refractivity contribution in [2.45, 2.75) is 29.1 Å². The summed E-state index contributed by atoms with van der Waals surface area (Å²) < 4.78 is 15.1. The van der Waals surface area contributed by atoms with Gasteiger partial charge in [-0.15, -0.1) is 0 Å². The van der Waals surface area contributed by atoms with Gasteiger partial charge in [-0.3, -0.25) is 4.79 Å². The summed E-state index contributed by atoms with van der Waals surface area (Å²) in [6, 6.07) is 14.6. The number of nitrogen functional groups attached to an aromatic ring is 1. The van der Waals surface area contributed by atoms with Crippen molar-refractivity contribution in [1.29, 1.82) is 0 Å². The van der Waals surface area contributed by atoms with Crippen molar-refractivity contribution in [3.63, 3.8) is 0 Å². The van der Waals surface area contributed by atoms with Crippen molar-refractivity contribution >= 4 is 34.3 Å². The first kappa shape index (κ1) is 17.0. The van der Waals surface area contributed by atoms with Crippen LogP contribution >= 0.6 is 11.8 Å². The van der Waals surface area contributed by atoms with Crippen LogP contribution in [0.3, 0.4) is 0 Å². The maximum absolute atomic E-state index is 15.1. The first-order valence-electron chi connectivity index (χ1n) is 8.78. The molecule has 0 aliphatic carbocycles. The third kappa shape index (κ3) is 2.94. The zero-order valence-electron chi connectivity index (χ0n) is 14.3. The number of rotatable bonds is 3. The molecule has 134 valence electrons. The molecule has 2 heterocycles. The van der Waals surface area contributed by atoms with Crippen LogP contribution in [0.1, 0.15) is 29.8 Å². The highest BCUT2D eigenvalue weighted by Crippen LogP contribution is 2.41. The fourth-order valence-electron chi connectivity index (χ4n) is 3.39. The molecular formula is C20H20FN3OS. The quantitative estimate of drug-likeness (QED) is 0.679. The van der Waals surface area contributed by atoms with E-state index in [0.29, 0.717) is 34.0 Å². The fraction of sp³-hybridized carbons (Fsp3) is 0.250. The zero-order valence-corrected chi connectivity index (χ0v) is 15.1. The van der Waals surface area contributed by atoms with Crippen LogP contribution < -0.4 is 5.73 Å². The lowest BCUT2D eigenvalue weighted by Crippen LogP contribution is -2.36. The molecule has 1 amide bonds. The lowest BCUT2D eigenvalue weighted by atomic mass is 10.1. The van der Waals surface area contributed by atoms with Crippen LogP contribution in [0.25, 0.3) is 10.9 Å². The Morgan fingerprint density at radius 3 is 2.46 bits per heavy atom. The van der Waals surface area contributed by atoms with Crippen LogP contribution in [-0.4, -0.2) is 28.7 Å². The van der Waals surface area contributed by atoms with Gasteiger partial charge in [0.05, 0.1) is 10.4 Å². The molecule has 2 aromatic carbocycles. The number of amides is 1. The SMILES string of the molecule is Nc1ccccc1Sc1c(C(=O)N2CCCCC2)n(F)c2ccccc12. The Labute approximate surface area is 155 Å². The fourth-order valence-corrected chi connectivity index (χ4v) is 4.49. The summed E-state index contributed by atoms with van der Waals surface area (Å²) in [5.41, 5.74) is 7.19. The number of carbonyl (C=O) groups is 1. The number of anilines is 1. The smallest absolute Gasteiger partial charge is 0.274 e. The molecule has 0 bridgehead atoms. The second kappa shape index (κ2) is 7.03. The van der Waals surface area contributed by atoms with Crippen LogP contribution in [0.4, 0.5) is 10.2 Å². The number of hydrogen-bond donors (Lipinski definition) is 1. The molecule has 3 aromatic rings. The number of carbonyl (C=O) groups excluding carboxylic acids is 1. The largest absolute Gasteiger partial charge is 0.398 e. The van der Waals surface area contributed by atoms with Crippen LogP contribution in [0, 0.1) is 0 Å². The number of halogens is 1. The normalized spacial score (nSPS) is 14.7. The average Bonchev–Trinajstić information content (AvgIpc) is 2.96. The molecule has 0 radical (unpaired) electrons. The van der Waals surface area contributed by atoms with E-state index in [9.17, 15) is 4.79 Å². The van der Waals surface area contributed by atoms with Gasteiger partial charge in [-0.05, 0) is 37.5 Å². The van der Waals surface area contributed by atoms with Crippen molar-refractivity contribution in [3.8, 4) is 0 Å². The minimum atomic E-state index is -0.250. The summed E-state index contributed by atoms with van der Waals surface area (Å²) in [4.78, 5) is 16.8. The van der Waals surface area contributed by atoms with Gasteiger partial charge in [0.25, 0.3) is 5.91 Å². The number of nitrogens with zero attached hydrogens (tertiary/aromatic N) is 2. The molecule has 0 unspecified atom stereocenters. The van der Waals surface area contributed by atoms with Gasteiger partial charge in [0.1, 0.15) is 0 Å². The Bertz CT molecular complexity index is 963. The minimum Gasteiger partial charge on any atom is -0.398 e.